The Kier molecular flexibility index (Phi) is 4.52. The molecule has 4 nitrogen and oxygen atoms in total. The highest BCUT2D eigenvalue weighted by atomic mass is 19.4. The van der Waals surface area contributed by atoms with E-state index >= 15 is 0 Å². The van der Waals surface area contributed by atoms with Crippen LogP contribution in [0.15, 0.2) is 18.2 Å². The zero-order valence-corrected chi connectivity index (χ0v) is 11.5. The van der Waals surface area contributed by atoms with Crippen LogP contribution in [0.3, 0.4) is 0 Å². The van der Waals surface area contributed by atoms with Crippen LogP contribution in [0.1, 0.15) is 31.9 Å². The van der Waals surface area contributed by atoms with Gasteiger partial charge in [-0.1, -0.05) is 0 Å². The predicted octanol–water partition coefficient (Wildman–Crippen LogP) is 3.31. The molecule has 0 fully saturated rings. The summed E-state index contributed by atoms with van der Waals surface area (Å²) in [4.78, 5) is 11.4. The number of amides is 1. The molecule has 0 atom stereocenters. The first-order valence-corrected chi connectivity index (χ1v) is 5.89. The lowest BCUT2D eigenvalue weighted by molar-refractivity contribution is -0.137. The Balaban J connectivity index is 2.74. The van der Waals surface area contributed by atoms with Crippen LogP contribution in [0.4, 0.5) is 23.7 Å². The third kappa shape index (κ3) is 5.38. The van der Waals surface area contributed by atoms with Crippen molar-refractivity contribution in [2.75, 3.05) is 5.73 Å². The van der Waals surface area contributed by atoms with Gasteiger partial charge in [0.25, 0.3) is 0 Å². The fourth-order valence-corrected chi connectivity index (χ4v) is 1.46. The molecule has 0 saturated carbocycles. The molecule has 0 heterocycles. The number of halogens is 3. The number of rotatable bonds is 2. The zero-order valence-electron chi connectivity index (χ0n) is 11.5. The van der Waals surface area contributed by atoms with Crippen molar-refractivity contribution < 1.29 is 22.7 Å². The lowest BCUT2D eigenvalue weighted by Crippen LogP contribution is -2.40. The van der Waals surface area contributed by atoms with Crippen molar-refractivity contribution in [1.29, 1.82) is 0 Å². The first-order chi connectivity index (χ1) is 8.97. The fourth-order valence-electron chi connectivity index (χ4n) is 1.46. The molecule has 0 saturated heterocycles. The van der Waals surface area contributed by atoms with Gasteiger partial charge in [-0.05, 0) is 44.5 Å². The van der Waals surface area contributed by atoms with Gasteiger partial charge in [0, 0.05) is 11.2 Å². The molecule has 0 radical (unpaired) electrons. The highest BCUT2D eigenvalue weighted by Gasteiger charge is 2.31. The summed E-state index contributed by atoms with van der Waals surface area (Å²) < 4.78 is 42.6. The monoisotopic (exact) mass is 290 g/mol. The topological polar surface area (TPSA) is 64.3 Å². The van der Waals surface area contributed by atoms with E-state index in [0.29, 0.717) is 0 Å². The minimum Gasteiger partial charge on any atom is -0.445 e. The van der Waals surface area contributed by atoms with Crippen LogP contribution in [0.25, 0.3) is 0 Å². The highest BCUT2D eigenvalue weighted by molar-refractivity contribution is 5.68. The van der Waals surface area contributed by atoms with Crippen molar-refractivity contribution in [2.45, 2.75) is 39.1 Å². The first kappa shape index (κ1) is 16.1. The molecule has 0 bridgehead atoms. The van der Waals surface area contributed by atoms with E-state index < -0.39 is 23.4 Å². The molecule has 3 N–H and O–H groups in total. The molecule has 0 unspecified atom stereocenters. The van der Waals surface area contributed by atoms with Crippen molar-refractivity contribution >= 4 is 11.8 Å². The SMILES string of the molecule is CC(C)(C)NC(=O)OCc1cc(N)cc(C(F)(F)F)c1. The van der Waals surface area contributed by atoms with Crippen LogP contribution in [0.2, 0.25) is 0 Å². The van der Waals surface area contributed by atoms with E-state index in [1.807, 2.05) is 0 Å². The molecular weight excluding hydrogens is 273 g/mol. The maximum atomic E-state index is 12.6. The Bertz CT molecular complexity index is 493. The number of nitrogen functional groups attached to an aromatic ring is 1. The highest BCUT2D eigenvalue weighted by Crippen LogP contribution is 2.31. The molecule has 1 amide bonds. The second-order valence-electron chi connectivity index (χ2n) is 5.41. The van der Waals surface area contributed by atoms with E-state index in [1.165, 1.54) is 6.07 Å². The van der Waals surface area contributed by atoms with Crippen LogP contribution in [0.5, 0.6) is 0 Å². The van der Waals surface area contributed by atoms with Crippen LogP contribution < -0.4 is 11.1 Å². The molecule has 20 heavy (non-hydrogen) atoms. The van der Waals surface area contributed by atoms with Gasteiger partial charge in [-0.2, -0.15) is 13.2 Å². The summed E-state index contributed by atoms with van der Waals surface area (Å²) in [6.07, 6.45) is -5.19. The van der Waals surface area contributed by atoms with Crippen LogP contribution in [-0.4, -0.2) is 11.6 Å². The first-order valence-electron chi connectivity index (χ1n) is 5.89. The van der Waals surface area contributed by atoms with Gasteiger partial charge in [-0.15, -0.1) is 0 Å². The van der Waals surface area contributed by atoms with Crippen LogP contribution in [0, 0.1) is 0 Å². The third-order valence-corrected chi connectivity index (χ3v) is 2.19. The predicted molar refractivity (Wildman–Crippen MR) is 68.9 cm³/mol. The number of hydrogen-bond donors (Lipinski definition) is 2. The summed E-state index contributed by atoms with van der Waals surface area (Å²) in [6.45, 7) is 5.00. The van der Waals surface area contributed by atoms with Crippen LogP contribution >= 0.6 is 0 Å². The molecular formula is C13H17F3N2O2. The van der Waals surface area contributed by atoms with E-state index in [0.717, 1.165) is 12.1 Å². The average molecular weight is 290 g/mol. The number of carbonyl (C=O) groups is 1. The maximum absolute atomic E-state index is 12.6. The standard InChI is InChI=1S/C13H17F3N2O2/c1-12(2,3)18-11(19)20-7-8-4-9(13(14,15)16)6-10(17)5-8/h4-6H,7,17H2,1-3H3,(H,18,19). The number of hydrogen-bond acceptors (Lipinski definition) is 3. The van der Waals surface area contributed by atoms with E-state index in [-0.39, 0.29) is 17.9 Å². The van der Waals surface area contributed by atoms with Crippen molar-refractivity contribution in [2.24, 2.45) is 0 Å². The van der Waals surface area contributed by atoms with E-state index in [9.17, 15) is 18.0 Å². The van der Waals surface area contributed by atoms with Gasteiger partial charge in [-0.25, -0.2) is 4.79 Å². The fraction of sp³-hybridized carbons (Fsp3) is 0.462. The van der Waals surface area contributed by atoms with Crippen molar-refractivity contribution in [1.82, 2.24) is 5.32 Å². The molecule has 7 heteroatoms. The zero-order chi connectivity index (χ0) is 15.6. The molecule has 1 aromatic rings. The lowest BCUT2D eigenvalue weighted by Gasteiger charge is -2.20. The number of alkyl halides is 3. The maximum Gasteiger partial charge on any atom is 0.416 e. The third-order valence-electron chi connectivity index (χ3n) is 2.19. The van der Waals surface area contributed by atoms with Gasteiger partial charge < -0.3 is 15.8 Å². The number of ether oxygens (including phenoxy) is 1. The van der Waals surface area contributed by atoms with Gasteiger partial charge in [0.15, 0.2) is 0 Å². The molecule has 1 rings (SSSR count). The van der Waals surface area contributed by atoms with Gasteiger partial charge in [-0.3, -0.25) is 0 Å². The summed E-state index contributed by atoms with van der Waals surface area (Å²) in [6, 6.07) is 3.07. The Morgan fingerprint density at radius 3 is 2.35 bits per heavy atom. The van der Waals surface area contributed by atoms with E-state index in [2.05, 4.69) is 5.32 Å². The average Bonchev–Trinajstić information content (AvgIpc) is 2.22. The van der Waals surface area contributed by atoms with Crippen LogP contribution in [-0.2, 0) is 17.5 Å². The Labute approximate surface area is 115 Å². The summed E-state index contributed by atoms with van der Waals surface area (Å²) >= 11 is 0. The quantitative estimate of drug-likeness (QED) is 0.821. The van der Waals surface area contributed by atoms with E-state index in [1.54, 1.807) is 20.8 Å². The molecule has 0 aliphatic carbocycles. The smallest absolute Gasteiger partial charge is 0.416 e. The summed E-state index contributed by atoms with van der Waals surface area (Å²) in [5.41, 5.74) is 4.21. The number of nitrogens with two attached hydrogens (primary N) is 1. The molecule has 0 aliphatic heterocycles. The van der Waals surface area contributed by atoms with Gasteiger partial charge >= 0.3 is 12.3 Å². The minimum atomic E-state index is -4.49. The van der Waals surface area contributed by atoms with Crippen molar-refractivity contribution in [3.63, 3.8) is 0 Å². The Hall–Kier alpha value is -1.92. The molecule has 0 aliphatic rings. The van der Waals surface area contributed by atoms with E-state index in [4.69, 9.17) is 10.5 Å². The largest absolute Gasteiger partial charge is 0.445 e. The summed E-state index contributed by atoms with van der Waals surface area (Å²) in [7, 11) is 0. The molecule has 0 aromatic heterocycles. The van der Waals surface area contributed by atoms with Crippen molar-refractivity contribution in [3.05, 3.63) is 29.3 Å². The number of carbonyl (C=O) groups excluding carboxylic acids is 1. The Morgan fingerprint density at radius 2 is 1.85 bits per heavy atom. The van der Waals surface area contributed by atoms with Gasteiger partial charge in [0.1, 0.15) is 6.61 Å². The van der Waals surface area contributed by atoms with Gasteiger partial charge in [0.05, 0.1) is 5.56 Å². The second-order valence-corrected chi connectivity index (χ2v) is 5.41. The Morgan fingerprint density at radius 1 is 1.25 bits per heavy atom. The minimum absolute atomic E-state index is 0.0327. The number of alkyl carbamates (subject to hydrolysis) is 1. The molecule has 1 aromatic carbocycles. The number of benzene rings is 1. The molecule has 112 valence electrons. The summed E-state index contributed by atoms with van der Waals surface area (Å²) in [5, 5.41) is 2.53. The second kappa shape index (κ2) is 5.60. The number of anilines is 1. The normalized spacial score (nSPS) is 12.1. The van der Waals surface area contributed by atoms with Gasteiger partial charge in [0.2, 0.25) is 0 Å². The molecule has 0 spiro atoms. The summed E-state index contributed by atoms with van der Waals surface area (Å²) in [5.74, 6) is 0. The lowest BCUT2D eigenvalue weighted by atomic mass is 10.1. The van der Waals surface area contributed by atoms with Crippen molar-refractivity contribution in [3.8, 4) is 0 Å². The number of nitrogens with one attached hydrogen (secondary N) is 1.